The lowest BCUT2D eigenvalue weighted by atomic mass is 10.0. The van der Waals surface area contributed by atoms with Crippen LogP contribution in [-0.4, -0.2) is 22.1 Å². The van der Waals surface area contributed by atoms with Crippen molar-refractivity contribution in [1.82, 2.24) is 4.47 Å². The van der Waals surface area contributed by atoms with E-state index in [-0.39, 0.29) is 23.6 Å². The van der Waals surface area contributed by atoms with Crippen molar-refractivity contribution in [3.05, 3.63) is 58.7 Å². The van der Waals surface area contributed by atoms with Crippen LogP contribution in [0.4, 0.5) is 20.2 Å². The molecule has 0 saturated carbocycles. The minimum Gasteiger partial charge on any atom is -0.315 e. The smallest absolute Gasteiger partial charge is 0.227 e. The van der Waals surface area contributed by atoms with Crippen molar-refractivity contribution in [2.24, 2.45) is 0 Å². The summed E-state index contributed by atoms with van der Waals surface area (Å²) in [7, 11) is 0. The van der Waals surface area contributed by atoms with Crippen LogP contribution in [0.25, 0.3) is 0 Å². The van der Waals surface area contributed by atoms with E-state index < -0.39 is 11.6 Å². The fraction of sp³-hybridized carbons (Fsp3) is 0.350. The predicted octanol–water partition coefficient (Wildman–Crippen LogP) is 4.83. The molecule has 0 radical (unpaired) electrons. The zero-order valence-corrected chi connectivity index (χ0v) is 16.7. The molecule has 0 aromatic heterocycles. The van der Waals surface area contributed by atoms with Crippen molar-refractivity contribution in [3.63, 3.8) is 0 Å². The maximum absolute atomic E-state index is 13.9. The second kappa shape index (κ2) is 8.89. The van der Waals surface area contributed by atoms with Crippen LogP contribution in [0.2, 0.25) is 0 Å². The SMILES string of the molecule is CCCN1C(=O)CCc2cc(NSN(O)Cc3ccc(C)c(F)c3F)ccc21. The van der Waals surface area contributed by atoms with Gasteiger partial charge in [-0.3, -0.25) is 4.79 Å². The molecule has 2 aromatic carbocycles. The monoisotopic (exact) mass is 407 g/mol. The van der Waals surface area contributed by atoms with Crippen LogP contribution in [-0.2, 0) is 17.8 Å². The van der Waals surface area contributed by atoms with Gasteiger partial charge in [-0.05, 0) is 49.1 Å². The molecule has 0 saturated heterocycles. The van der Waals surface area contributed by atoms with E-state index in [1.165, 1.54) is 19.1 Å². The minimum atomic E-state index is -0.950. The highest BCUT2D eigenvalue weighted by atomic mass is 32.2. The number of benzene rings is 2. The Bertz CT molecular complexity index is 879. The Kier molecular flexibility index (Phi) is 6.53. The third-order valence-electron chi connectivity index (χ3n) is 4.66. The van der Waals surface area contributed by atoms with Crippen LogP contribution >= 0.6 is 12.1 Å². The number of amides is 1. The highest BCUT2D eigenvalue weighted by Crippen LogP contribution is 2.31. The largest absolute Gasteiger partial charge is 0.315 e. The molecular formula is C20H23F2N3O2S. The molecular weight excluding hydrogens is 384 g/mol. The predicted molar refractivity (Wildman–Crippen MR) is 107 cm³/mol. The molecule has 0 bridgehead atoms. The van der Waals surface area contributed by atoms with Gasteiger partial charge in [0.25, 0.3) is 0 Å². The lowest BCUT2D eigenvalue weighted by Crippen LogP contribution is -2.35. The summed E-state index contributed by atoms with van der Waals surface area (Å²) in [5.41, 5.74) is 3.03. The molecule has 2 N–H and O–H groups in total. The summed E-state index contributed by atoms with van der Waals surface area (Å²) in [5.74, 6) is -1.71. The van der Waals surface area contributed by atoms with Crippen molar-refractivity contribution in [3.8, 4) is 0 Å². The zero-order valence-electron chi connectivity index (χ0n) is 15.8. The van der Waals surface area contributed by atoms with Gasteiger partial charge >= 0.3 is 0 Å². The Hall–Kier alpha value is -2.16. The number of nitrogens with zero attached hydrogens (tertiary/aromatic N) is 2. The van der Waals surface area contributed by atoms with Crippen molar-refractivity contribution in [1.29, 1.82) is 0 Å². The molecule has 28 heavy (non-hydrogen) atoms. The third kappa shape index (κ3) is 4.45. The van der Waals surface area contributed by atoms with Crippen molar-refractivity contribution < 1.29 is 18.8 Å². The van der Waals surface area contributed by atoms with Gasteiger partial charge in [0.1, 0.15) is 0 Å². The second-order valence-electron chi connectivity index (χ2n) is 6.76. The lowest BCUT2D eigenvalue weighted by Gasteiger charge is -2.29. The highest BCUT2D eigenvalue weighted by molar-refractivity contribution is 7.98. The van der Waals surface area contributed by atoms with E-state index >= 15 is 0 Å². The number of hydroxylamine groups is 1. The number of anilines is 2. The first-order chi connectivity index (χ1) is 13.4. The van der Waals surface area contributed by atoms with E-state index in [0.717, 1.165) is 40.0 Å². The molecule has 1 aliphatic heterocycles. The van der Waals surface area contributed by atoms with Crippen LogP contribution in [0.3, 0.4) is 0 Å². The van der Waals surface area contributed by atoms with Gasteiger partial charge in [-0.1, -0.05) is 19.1 Å². The molecule has 150 valence electrons. The molecule has 0 fully saturated rings. The number of fused-ring (bicyclic) bond motifs is 1. The van der Waals surface area contributed by atoms with Crippen molar-refractivity contribution >= 4 is 29.4 Å². The molecule has 3 rings (SSSR count). The fourth-order valence-corrected chi connectivity index (χ4v) is 3.73. The van der Waals surface area contributed by atoms with E-state index in [0.29, 0.717) is 19.4 Å². The number of carbonyl (C=O) groups excluding carboxylic acids is 1. The molecule has 1 amide bonds. The molecule has 0 atom stereocenters. The summed E-state index contributed by atoms with van der Waals surface area (Å²) >= 11 is 0.875. The van der Waals surface area contributed by atoms with Gasteiger partial charge in [-0.2, -0.15) is 0 Å². The average molecular weight is 407 g/mol. The van der Waals surface area contributed by atoms with Gasteiger partial charge in [0.2, 0.25) is 5.91 Å². The standard InChI is InChI=1S/C20H23F2N3O2S/c1-3-10-24-17-8-7-16(11-14(17)6-9-18(24)26)23-28-25(27)12-15-5-4-13(2)19(21)20(15)22/h4-5,7-8,11,23,27H,3,6,9-10,12H2,1-2H3. The maximum atomic E-state index is 13.9. The molecule has 0 aliphatic carbocycles. The zero-order chi connectivity index (χ0) is 20.3. The Morgan fingerprint density at radius 3 is 2.75 bits per heavy atom. The molecule has 1 heterocycles. The summed E-state index contributed by atoms with van der Waals surface area (Å²) in [5, 5.41) is 10.0. The molecule has 5 nitrogen and oxygen atoms in total. The summed E-state index contributed by atoms with van der Waals surface area (Å²) < 4.78 is 31.4. The summed E-state index contributed by atoms with van der Waals surface area (Å²) in [4.78, 5) is 13.9. The minimum absolute atomic E-state index is 0.0686. The fourth-order valence-electron chi connectivity index (χ4n) is 3.18. The van der Waals surface area contributed by atoms with E-state index in [2.05, 4.69) is 4.72 Å². The Morgan fingerprint density at radius 2 is 2.00 bits per heavy atom. The number of hydrogen-bond acceptors (Lipinski definition) is 5. The van der Waals surface area contributed by atoms with E-state index in [4.69, 9.17) is 0 Å². The molecule has 1 aliphatic rings. The van der Waals surface area contributed by atoms with Crippen LogP contribution in [0, 0.1) is 18.6 Å². The van der Waals surface area contributed by atoms with E-state index in [9.17, 15) is 18.8 Å². The van der Waals surface area contributed by atoms with Gasteiger partial charge in [0.05, 0.1) is 18.7 Å². The number of halogens is 2. The average Bonchev–Trinajstić information content (AvgIpc) is 2.69. The quantitative estimate of drug-likeness (QED) is 0.509. The topological polar surface area (TPSA) is 55.8 Å². The number of carbonyl (C=O) groups is 1. The summed E-state index contributed by atoms with van der Waals surface area (Å²) in [6, 6.07) is 8.59. The molecule has 2 aromatic rings. The van der Waals surface area contributed by atoms with Crippen LogP contribution in [0.5, 0.6) is 0 Å². The Morgan fingerprint density at radius 1 is 1.21 bits per heavy atom. The van der Waals surface area contributed by atoms with Crippen LogP contribution in [0.1, 0.15) is 36.5 Å². The van der Waals surface area contributed by atoms with E-state index in [1.54, 1.807) is 0 Å². The van der Waals surface area contributed by atoms with Gasteiger partial charge in [0.15, 0.2) is 11.6 Å². The van der Waals surface area contributed by atoms with Gasteiger partial charge in [0, 0.05) is 29.9 Å². The molecule has 8 heteroatoms. The first kappa shape index (κ1) is 20.6. The Labute approximate surface area is 167 Å². The van der Waals surface area contributed by atoms with Crippen LogP contribution < -0.4 is 9.62 Å². The summed E-state index contributed by atoms with van der Waals surface area (Å²) in [6.07, 6.45) is 2.04. The Balaban J connectivity index is 1.64. The van der Waals surface area contributed by atoms with E-state index in [1.807, 2.05) is 30.0 Å². The van der Waals surface area contributed by atoms with Gasteiger partial charge in [-0.15, -0.1) is 4.47 Å². The first-order valence-electron chi connectivity index (χ1n) is 9.16. The van der Waals surface area contributed by atoms with Crippen molar-refractivity contribution in [2.75, 3.05) is 16.2 Å². The summed E-state index contributed by atoms with van der Waals surface area (Å²) in [6.45, 7) is 4.04. The maximum Gasteiger partial charge on any atom is 0.227 e. The van der Waals surface area contributed by atoms with Gasteiger partial charge in [-0.25, -0.2) is 8.78 Å². The van der Waals surface area contributed by atoms with Gasteiger partial charge < -0.3 is 14.8 Å². The normalized spacial score (nSPS) is 13.8. The second-order valence-corrected chi connectivity index (χ2v) is 7.57. The lowest BCUT2D eigenvalue weighted by molar-refractivity contribution is -0.118. The molecule has 0 unspecified atom stereocenters. The number of rotatable bonds is 7. The first-order valence-corrected chi connectivity index (χ1v) is 9.94. The van der Waals surface area contributed by atoms with Crippen LogP contribution in [0.15, 0.2) is 30.3 Å². The van der Waals surface area contributed by atoms with Crippen molar-refractivity contribution in [2.45, 2.75) is 39.7 Å². The number of nitrogens with one attached hydrogen (secondary N) is 1. The number of hydrogen-bond donors (Lipinski definition) is 2. The highest BCUT2D eigenvalue weighted by Gasteiger charge is 2.23. The third-order valence-corrected chi connectivity index (χ3v) is 5.32. The number of aryl methyl sites for hydroxylation is 2. The molecule has 0 spiro atoms.